The second-order valence-corrected chi connectivity index (χ2v) is 10.2. The van der Waals surface area contributed by atoms with E-state index in [4.69, 9.17) is 4.74 Å². The van der Waals surface area contributed by atoms with Crippen molar-refractivity contribution in [1.82, 2.24) is 10.2 Å². The summed E-state index contributed by atoms with van der Waals surface area (Å²) < 4.78 is 5.62. The Bertz CT molecular complexity index is 1090. The monoisotopic (exact) mass is 476 g/mol. The predicted octanol–water partition coefficient (Wildman–Crippen LogP) is 4.55. The summed E-state index contributed by atoms with van der Waals surface area (Å²) in [6.07, 6.45) is 3.97. The molecule has 7 heteroatoms. The summed E-state index contributed by atoms with van der Waals surface area (Å²) in [6, 6.07) is 16.4. The average Bonchev–Trinajstić information content (AvgIpc) is 3.45. The van der Waals surface area contributed by atoms with Gasteiger partial charge >= 0.3 is 12.1 Å². The lowest BCUT2D eigenvalue weighted by molar-refractivity contribution is -0.158. The Morgan fingerprint density at radius 2 is 1.57 bits per heavy atom. The second-order valence-electron chi connectivity index (χ2n) is 10.2. The number of amides is 2. The third kappa shape index (κ3) is 4.28. The quantitative estimate of drug-likeness (QED) is 0.611. The third-order valence-electron chi connectivity index (χ3n) is 8.21. The van der Waals surface area contributed by atoms with Gasteiger partial charge in [-0.3, -0.25) is 4.79 Å². The Hall–Kier alpha value is -3.35. The van der Waals surface area contributed by atoms with Gasteiger partial charge in [0.15, 0.2) is 0 Å². The zero-order valence-corrected chi connectivity index (χ0v) is 20.0. The van der Waals surface area contributed by atoms with Gasteiger partial charge in [0.2, 0.25) is 5.91 Å². The minimum absolute atomic E-state index is 0.0197. The number of rotatable bonds is 7. The predicted molar refractivity (Wildman–Crippen MR) is 131 cm³/mol. The summed E-state index contributed by atoms with van der Waals surface area (Å²) in [6.45, 7) is 0.274. The first-order valence-corrected chi connectivity index (χ1v) is 12.5. The maximum absolute atomic E-state index is 12.8. The summed E-state index contributed by atoms with van der Waals surface area (Å²) in [5.41, 5.74) is 3.68. The smallest absolute Gasteiger partial charge is 0.407 e. The molecule has 0 unspecified atom stereocenters. The summed E-state index contributed by atoms with van der Waals surface area (Å²) in [7, 11) is 1.62. The molecule has 0 bridgehead atoms. The molecule has 0 radical (unpaired) electrons. The molecule has 2 aromatic rings. The number of carbonyl (C=O) groups is 3. The number of ether oxygens (including phenoxy) is 1. The van der Waals surface area contributed by atoms with Crippen molar-refractivity contribution in [3.05, 3.63) is 59.7 Å². The summed E-state index contributed by atoms with van der Waals surface area (Å²) in [5.74, 6) is -0.864. The van der Waals surface area contributed by atoms with Crippen LogP contribution in [0.1, 0.15) is 62.0 Å². The van der Waals surface area contributed by atoms with Gasteiger partial charge in [-0.05, 0) is 53.9 Å². The lowest BCUT2D eigenvalue weighted by atomic mass is 9.77. The first-order chi connectivity index (χ1) is 16.9. The largest absolute Gasteiger partial charge is 0.479 e. The van der Waals surface area contributed by atoms with Crippen LogP contribution in [-0.2, 0) is 14.3 Å². The Kier molecular flexibility index (Phi) is 6.26. The molecule has 0 saturated heterocycles. The fourth-order valence-electron chi connectivity index (χ4n) is 6.10. The molecule has 5 rings (SSSR count). The molecule has 2 N–H and O–H groups in total. The molecule has 2 fully saturated rings. The van der Waals surface area contributed by atoms with Gasteiger partial charge in [0.05, 0.1) is 0 Å². The molecule has 0 atom stereocenters. The van der Waals surface area contributed by atoms with Gasteiger partial charge in [-0.15, -0.1) is 0 Å². The number of likely N-dealkylation sites (N-methyl/N-ethyl adjacent to an activating group) is 1. The summed E-state index contributed by atoms with van der Waals surface area (Å²) in [5, 5.41) is 12.6. The van der Waals surface area contributed by atoms with Gasteiger partial charge in [-0.1, -0.05) is 61.4 Å². The Labute approximate surface area is 205 Å². The fourth-order valence-corrected chi connectivity index (χ4v) is 6.10. The number of fused-ring (bicyclic) bond motifs is 3. The van der Waals surface area contributed by atoms with Crippen molar-refractivity contribution < 1.29 is 24.2 Å². The second kappa shape index (κ2) is 9.36. The van der Waals surface area contributed by atoms with E-state index in [9.17, 15) is 19.5 Å². The number of hydrogen-bond acceptors (Lipinski definition) is 4. The van der Waals surface area contributed by atoms with Crippen molar-refractivity contribution in [1.29, 1.82) is 0 Å². The van der Waals surface area contributed by atoms with Crippen LogP contribution in [-0.4, -0.2) is 53.2 Å². The molecule has 184 valence electrons. The number of aliphatic carboxylic acids is 1. The van der Waals surface area contributed by atoms with E-state index in [0.29, 0.717) is 32.1 Å². The highest BCUT2D eigenvalue weighted by Crippen LogP contribution is 2.44. The molecule has 2 aromatic carbocycles. The standard InChI is InChI=1S/C28H32N2O5/c1-30(28(26(32)33)12-6-7-13-28)25(31)16-18-14-19(15-18)29-27(34)35-17-24-22-10-4-2-8-20(22)21-9-3-5-11-23(21)24/h2-5,8-11,18-19,24H,6-7,12-17H2,1H3,(H,29,34)(H,32,33). The van der Waals surface area contributed by atoms with Crippen molar-refractivity contribution in [2.45, 2.75) is 62.4 Å². The lowest BCUT2D eigenvalue weighted by Crippen LogP contribution is -2.54. The van der Waals surface area contributed by atoms with Crippen molar-refractivity contribution >= 4 is 18.0 Å². The minimum atomic E-state index is -1.06. The number of hydrogen-bond donors (Lipinski definition) is 2. The molecule has 2 saturated carbocycles. The van der Waals surface area contributed by atoms with Gasteiger partial charge in [0, 0.05) is 25.4 Å². The van der Waals surface area contributed by atoms with Crippen molar-refractivity contribution in [3.8, 4) is 11.1 Å². The Morgan fingerprint density at radius 3 is 2.14 bits per heavy atom. The van der Waals surface area contributed by atoms with E-state index in [1.807, 2.05) is 24.3 Å². The van der Waals surface area contributed by atoms with E-state index < -0.39 is 17.6 Å². The van der Waals surface area contributed by atoms with E-state index in [2.05, 4.69) is 29.6 Å². The molecule has 3 aliphatic carbocycles. The highest BCUT2D eigenvalue weighted by molar-refractivity contribution is 5.87. The fraction of sp³-hybridized carbons (Fsp3) is 0.464. The molecule has 0 spiro atoms. The average molecular weight is 477 g/mol. The lowest BCUT2D eigenvalue weighted by Gasteiger charge is -2.39. The van der Waals surface area contributed by atoms with Crippen LogP contribution < -0.4 is 5.32 Å². The molecule has 3 aliphatic rings. The molecular formula is C28H32N2O5. The van der Waals surface area contributed by atoms with E-state index in [1.165, 1.54) is 27.2 Å². The first kappa shape index (κ1) is 23.4. The number of nitrogens with zero attached hydrogens (tertiary/aromatic N) is 1. The molecule has 0 aromatic heterocycles. The van der Waals surface area contributed by atoms with Gasteiger partial charge in [-0.2, -0.15) is 0 Å². The van der Waals surface area contributed by atoms with Crippen LogP contribution >= 0.6 is 0 Å². The third-order valence-corrected chi connectivity index (χ3v) is 8.21. The minimum Gasteiger partial charge on any atom is -0.479 e. The van der Waals surface area contributed by atoms with Crippen LogP contribution in [0, 0.1) is 5.92 Å². The maximum atomic E-state index is 12.8. The van der Waals surface area contributed by atoms with E-state index in [0.717, 1.165) is 12.8 Å². The molecule has 2 amide bonds. The van der Waals surface area contributed by atoms with Crippen molar-refractivity contribution in [2.24, 2.45) is 5.92 Å². The Balaban J connectivity index is 1.09. The molecule has 7 nitrogen and oxygen atoms in total. The molecule has 0 aliphatic heterocycles. The highest BCUT2D eigenvalue weighted by Gasteiger charge is 2.47. The zero-order chi connectivity index (χ0) is 24.6. The van der Waals surface area contributed by atoms with Crippen molar-refractivity contribution in [3.63, 3.8) is 0 Å². The van der Waals surface area contributed by atoms with Crippen LogP contribution in [0.5, 0.6) is 0 Å². The zero-order valence-electron chi connectivity index (χ0n) is 20.0. The SMILES string of the molecule is CN(C(=O)CC1CC(NC(=O)OCC2c3ccccc3-c3ccccc32)C1)C1(C(=O)O)CCCC1. The number of carboxylic acid groups (broad SMARTS) is 1. The maximum Gasteiger partial charge on any atom is 0.407 e. The molecular weight excluding hydrogens is 444 g/mol. The topological polar surface area (TPSA) is 95.9 Å². The van der Waals surface area contributed by atoms with E-state index in [1.54, 1.807) is 7.05 Å². The first-order valence-electron chi connectivity index (χ1n) is 12.5. The number of benzene rings is 2. The number of carboxylic acids is 1. The van der Waals surface area contributed by atoms with E-state index in [-0.39, 0.29) is 30.4 Å². The van der Waals surface area contributed by atoms with Gasteiger partial charge in [-0.25, -0.2) is 9.59 Å². The van der Waals surface area contributed by atoms with Gasteiger partial charge in [0.25, 0.3) is 0 Å². The molecule has 0 heterocycles. The van der Waals surface area contributed by atoms with Crippen LogP contribution in [0.3, 0.4) is 0 Å². The number of carbonyl (C=O) groups excluding carboxylic acids is 2. The van der Waals surface area contributed by atoms with Crippen LogP contribution in [0.2, 0.25) is 0 Å². The van der Waals surface area contributed by atoms with E-state index >= 15 is 0 Å². The summed E-state index contributed by atoms with van der Waals surface area (Å²) in [4.78, 5) is 38.6. The van der Waals surface area contributed by atoms with Gasteiger partial charge in [0.1, 0.15) is 12.1 Å². The van der Waals surface area contributed by atoms with Crippen LogP contribution in [0.4, 0.5) is 4.79 Å². The van der Waals surface area contributed by atoms with Crippen LogP contribution in [0.25, 0.3) is 11.1 Å². The summed E-state index contributed by atoms with van der Waals surface area (Å²) >= 11 is 0. The van der Waals surface area contributed by atoms with Gasteiger partial charge < -0.3 is 20.1 Å². The molecule has 35 heavy (non-hydrogen) atoms. The number of alkyl carbamates (subject to hydrolysis) is 1. The number of nitrogens with one attached hydrogen (secondary N) is 1. The highest BCUT2D eigenvalue weighted by atomic mass is 16.5. The normalized spacial score (nSPS) is 22.0. The van der Waals surface area contributed by atoms with Crippen LogP contribution in [0.15, 0.2) is 48.5 Å². The Morgan fingerprint density at radius 1 is 1.00 bits per heavy atom. The van der Waals surface area contributed by atoms with Crippen molar-refractivity contribution in [2.75, 3.05) is 13.7 Å².